The molecule has 2 atom stereocenters. The molecule has 1 rings (SSSR count). The number of barbiturate groups is 1. The number of nitrogens with zero attached hydrogens (tertiary/aromatic N) is 1. The zero-order valence-corrected chi connectivity index (χ0v) is 12.2. The van der Waals surface area contributed by atoms with E-state index in [2.05, 4.69) is 5.32 Å². The first kappa shape index (κ1) is 15.6. The third-order valence-electron chi connectivity index (χ3n) is 2.89. The minimum absolute atomic E-state index is 0.270. The van der Waals surface area contributed by atoms with Gasteiger partial charge in [-0.15, -0.1) is 0 Å². The minimum atomic E-state index is -3.33. The molecule has 0 saturated carbocycles. The fourth-order valence-electron chi connectivity index (χ4n) is 2.12. The average Bonchev–Trinajstić information content (AvgIpc) is 2.11. The Morgan fingerprint density at radius 2 is 1.74 bits per heavy atom. The van der Waals surface area contributed by atoms with Crippen molar-refractivity contribution in [3.63, 3.8) is 0 Å². The topological polar surface area (TPSA) is 101 Å². The number of imide groups is 2. The van der Waals surface area contributed by atoms with Crippen LogP contribution >= 0.6 is 0 Å². The SMILES string of the molecule is CC(C)C1C(=O)NC(=O)N(C(C)CS(C)(=O)=O)C1=O. The van der Waals surface area contributed by atoms with Gasteiger partial charge in [0.25, 0.3) is 0 Å². The summed E-state index contributed by atoms with van der Waals surface area (Å²) in [6, 6.07) is -1.67. The van der Waals surface area contributed by atoms with Gasteiger partial charge in [0.15, 0.2) is 0 Å². The third kappa shape index (κ3) is 3.52. The molecule has 0 aliphatic carbocycles. The fourth-order valence-corrected chi connectivity index (χ4v) is 3.15. The highest BCUT2D eigenvalue weighted by molar-refractivity contribution is 7.90. The molecular formula is C11H18N2O5S. The molecule has 1 fully saturated rings. The maximum atomic E-state index is 12.2. The lowest BCUT2D eigenvalue weighted by molar-refractivity contribution is -0.145. The number of carbonyl (C=O) groups excluding carboxylic acids is 3. The predicted molar refractivity (Wildman–Crippen MR) is 67.9 cm³/mol. The van der Waals surface area contributed by atoms with E-state index in [9.17, 15) is 22.8 Å². The van der Waals surface area contributed by atoms with E-state index in [-0.39, 0.29) is 11.7 Å². The molecule has 0 bridgehead atoms. The lowest BCUT2D eigenvalue weighted by atomic mass is 9.91. The summed E-state index contributed by atoms with van der Waals surface area (Å²) in [5.41, 5.74) is 0. The Balaban J connectivity index is 3.02. The number of hydrogen-bond acceptors (Lipinski definition) is 5. The molecule has 108 valence electrons. The van der Waals surface area contributed by atoms with Crippen molar-refractivity contribution in [2.75, 3.05) is 12.0 Å². The van der Waals surface area contributed by atoms with Crippen LogP contribution in [-0.2, 0) is 19.4 Å². The van der Waals surface area contributed by atoms with Gasteiger partial charge in [-0.25, -0.2) is 13.2 Å². The van der Waals surface area contributed by atoms with E-state index in [1.165, 1.54) is 6.92 Å². The lowest BCUT2D eigenvalue weighted by Crippen LogP contribution is -2.62. The highest BCUT2D eigenvalue weighted by atomic mass is 32.2. The molecule has 0 aromatic heterocycles. The van der Waals surface area contributed by atoms with Gasteiger partial charge in [0.1, 0.15) is 15.8 Å². The Bertz CT molecular complexity index is 511. The van der Waals surface area contributed by atoms with E-state index >= 15 is 0 Å². The Labute approximate surface area is 112 Å². The Morgan fingerprint density at radius 3 is 2.16 bits per heavy atom. The fraction of sp³-hybridized carbons (Fsp3) is 0.727. The van der Waals surface area contributed by atoms with Crippen molar-refractivity contribution in [1.29, 1.82) is 0 Å². The van der Waals surface area contributed by atoms with E-state index < -0.39 is 39.6 Å². The van der Waals surface area contributed by atoms with Crippen LogP contribution in [0.2, 0.25) is 0 Å². The van der Waals surface area contributed by atoms with Crippen LogP contribution in [0.3, 0.4) is 0 Å². The average molecular weight is 290 g/mol. The van der Waals surface area contributed by atoms with Crippen LogP contribution in [0.5, 0.6) is 0 Å². The number of sulfone groups is 1. The van der Waals surface area contributed by atoms with Crippen molar-refractivity contribution in [3.8, 4) is 0 Å². The van der Waals surface area contributed by atoms with Crippen LogP contribution in [0.15, 0.2) is 0 Å². The number of urea groups is 1. The summed E-state index contributed by atoms with van der Waals surface area (Å²) in [6.07, 6.45) is 1.03. The largest absolute Gasteiger partial charge is 0.331 e. The van der Waals surface area contributed by atoms with Gasteiger partial charge in [0.2, 0.25) is 11.8 Å². The van der Waals surface area contributed by atoms with E-state index in [0.717, 1.165) is 11.2 Å². The van der Waals surface area contributed by atoms with Crippen LogP contribution in [-0.4, -0.2) is 49.2 Å². The third-order valence-corrected chi connectivity index (χ3v) is 3.97. The van der Waals surface area contributed by atoms with Gasteiger partial charge in [-0.2, -0.15) is 0 Å². The van der Waals surface area contributed by atoms with E-state index in [1.54, 1.807) is 13.8 Å². The summed E-state index contributed by atoms with van der Waals surface area (Å²) in [5, 5.41) is 2.09. The van der Waals surface area contributed by atoms with Crippen molar-refractivity contribution in [2.45, 2.75) is 26.8 Å². The number of rotatable bonds is 4. The van der Waals surface area contributed by atoms with Crippen molar-refractivity contribution >= 4 is 27.7 Å². The van der Waals surface area contributed by atoms with E-state index in [0.29, 0.717) is 0 Å². The zero-order chi connectivity index (χ0) is 15.0. The molecule has 0 radical (unpaired) electrons. The first-order chi connectivity index (χ1) is 8.54. The van der Waals surface area contributed by atoms with Crippen LogP contribution in [0, 0.1) is 11.8 Å². The second kappa shape index (κ2) is 5.28. The number of amides is 4. The summed E-state index contributed by atoms with van der Waals surface area (Å²) in [5.74, 6) is -2.83. The highest BCUT2D eigenvalue weighted by Gasteiger charge is 2.44. The number of carbonyl (C=O) groups is 3. The molecular weight excluding hydrogens is 272 g/mol. The maximum Gasteiger partial charge on any atom is 0.331 e. The molecule has 4 amide bonds. The molecule has 1 aliphatic rings. The summed E-state index contributed by atoms with van der Waals surface area (Å²) in [7, 11) is -3.33. The first-order valence-electron chi connectivity index (χ1n) is 5.90. The molecule has 8 heteroatoms. The van der Waals surface area contributed by atoms with Gasteiger partial charge >= 0.3 is 6.03 Å². The molecule has 2 unspecified atom stereocenters. The van der Waals surface area contributed by atoms with Gasteiger partial charge in [0, 0.05) is 6.26 Å². The van der Waals surface area contributed by atoms with Crippen molar-refractivity contribution < 1.29 is 22.8 Å². The molecule has 0 spiro atoms. The Kier molecular flexibility index (Phi) is 4.34. The monoisotopic (exact) mass is 290 g/mol. The predicted octanol–water partition coefficient (Wildman–Crippen LogP) is -0.230. The van der Waals surface area contributed by atoms with Crippen molar-refractivity contribution in [3.05, 3.63) is 0 Å². The standard InChI is InChI=1S/C11H18N2O5S/c1-6(2)8-9(14)12-11(16)13(10(8)15)7(3)5-19(4,17)18/h6-8H,5H2,1-4H3,(H,12,14,16). The van der Waals surface area contributed by atoms with Gasteiger partial charge in [-0.05, 0) is 12.8 Å². The summed E-state index contributed by atoms with van der Waals surface area (Å²) in [6.45, 7) is 4.85. The minimum Gasteiger partial charge on any atom is -0.277 e. The van der Waals surface area contributed by atoms with Crippen molar-refractivity contribution in [1.82, 2.24) is 10.2 Å². The second-order valence-electron chi connectivity index (χ2n) is 5.17. The Morgan fingerprint density at radius 1 is 1.21 bits per heavy atom. The molecule has 0 aromatic carbocycles. The van der Waals surface area contributed by atoms with Crippen LogP contribution in [0.1, 0.15) is 20.8 Å². The number of nitrogens with one attached hydrogen (secondary N) is 1. The molecule has 1 saturated heterocycles. The summed E-state index contributed by atoms with van der Waals surface area (Å²) >= 11 is 0. The molecule has 1 N–H and O–H groups in total. The zero-order valence-electron chi connectivity index (χ0n) is 11.3. The molecule has 0 aromatic rings. The molecule has 7 nitrogen and oxygen atoms in total. The lowest BCUT2D eigenvalue weighted by Gasteiger charge is -2.35. The summed E-state index contributed by atoms with van der Waals surface area (Å²) in [4.78, 5) is 36.3. The van der Waals surface area contributed by atoms with Gasteiger partial charge in [0.05, 0.1) is 11.8 Å². The van der Waals surface area contributed by atoms with Crippen LogP contribution in [0.25, 0.3) is 0 Å². The molecule has 19 heavy (non-hydrogen) atoms. The first-order valence-corrected chi connectivity index (χ1v) is 7.96. The Hall–Kier alpha value is -1.44. The highest BCUT2D eigenvalue weighted by Crippen LogP contribution is 2.21. The maximum absolute atomic E-state index is 12.2. The van der Waals surface area contributed by atoms with Gasteiger partial charge < -0.3 is 0 Å². The van der Waals surface area contributed by atoms with E-state index in [1.807, 2.05) is 0 Å². The number of hydrogen-bond donors (Lipinski definition) is 1. The van der Waals surface area contributed by atoms with Gasteiger partial charge in [-0.1, -0.05) is 13.8 Å². The smallest absolute Gasteiger partial charge is 0.277 e. The van der Waals surface area contributed by atoms with Crippen LogP contribution in [0.4, 0.5) is 4.79 Å². The van der Waals surface area contributed by atoms with Crippen molar-refractivity contribution in [2.24, 2.45) is 11.8 Å². The molecule has 1 aliphatic heterocycles. The van der Waals surface area contributed by atoms with E-state index in [4.69, 9.17) is 0 Å². The normalized spacial score (nSPS) is 22.7. The second-order valence-corrected chi connectivity index (χ2v) is 7.35. The quantitative estimate of drug-likeness (QED) is 0.721. The van der Waals surface area contributed by atoms with Crippen LogP contribution < -0.4 is 5.32 Å². The summed E-state index contributed by atoms with van der Waals surface area (Å²) < 4.78 is 22.5. The molecule has 1 heterocycles. The van der Waals surface area contributed by atoms with Gasteiger partial charge in [-0.3, -0.25) is 19.8 Å².